The topological polar surface area (TPSA) is 35.2 Å². The Hall–Kier alpha value is -1.51. The van der Waals surface area contributed by atoms with E-state index in [1.54, 1.807) is 0 Å². The lowest BCUT2D eigenvalue weighted by Crippen LogP contribution is -1.99. The smallest absolute Gasteiger partial charge is 0.131 e. The molecule has 0 saturated heterocycles. The molecule has 0 spiro atoms. The Morgan fingerprint density at radius 2 is 1.89 bits per heavy atom. The molecule has 18 heavy (non-hydrogen) atoms. The highest BCUT2D eigenvalue weighted by molar-refractivity contribution is 6.31. The Labute approximate surface area is 112 Å². The predicted octanol–water partition coefficient (Wildman–Crippen LogP) is 4.15. The minimum Gasteiger partial charge on any atom is -0.457 e. The largest absolute Gasteiger partial charge is 0.457 e. The lowest BCUT2D eigenvalue weighted by atomic mass is 10.1. The fourth-order valence-electron chi connectivity index (χ4n) is 1.78. The number of hydrogen-bond acceptors (Lipinski definition) is 2. The van der Waals surface area contributed by atoms with E-state index in [-0.39, 0.29) is 0 Å². The molecule has 0 saturated carbocycles. The molecule has 94 valence electrons. The molecule has 0 fully saturated rings. The van der Waals surface area contributed by atoms with Gasteiger partial charge in [-0.2, -0.15) is 0 Å². The molecular weight excluding hydrogens is 246 g/mol. The van der Waals surface area contributed by atoms with E-state index in [0.717, 1.165) is 34.1 Å². The summed E-state index contributed by atoms with van der Waals surface area (Å²) in [5, 5.41) is 0.775. The minimum absolute atomic E-state index is 0.463. The lowest BCUT2D eigenvalue weighted by molar-refractivity contribution is 0.476. The van der Waals surface area contributed by atoms with Crippen LogP contribution in [-0.4, -0.2) is 0 Å². The van der Waals surface area contributed by atoms with Gasteiger partial charge in [0.2, 0.25) is 0 Å². The minimum atomic E-state index is 0.463. The van der Waals surface area contributed by atoms with Crippen molar-refractivity contribution in [3.8, 4) is 11.5 Å². The Morgan fingerprint density at radius 1 is 1.11 bits per heavy atom. The predicted molar refractivity (Wildman–Crippen MR) is 75.2 cm³/mol. The molecule has 2 aromatic rings. The molecule has 2 nitrogen and oxygen atoms in total. The molecular formula is C15H16ClNO. The molecule has 0 amide bonds. The van der Waals surface area contributed by atoms with Crippen LogP contribution in [0.2, 0.25) is 5.02 Å². The van der Waals surface area contributed by atoms with Crippen LogP contribution in [0, 0.1) is 0 Å². The summed E-state index contributed by atoms with van der Waals surface area (Å²) in [6, 6.07) is 13.5. The molecule has 0 unspecified atom stereocenters. The summed E-state index contributed by atoms with van der Waals surface area (Å²) < 4.78 is 5.86. The zero-order valence-electron chi connectivity index (χ0n) is 10.3. The first-order chi connectivity index (χ1) is 8.74. The van der Waals surface area contributed by atoms with E-state index in [2.05, 4.69) is 6.92 Å². The van der Waals surface area contributed by atoms with Crippen LogP contribution in [0.1, 0.15) is 18.1 Å². The third-order valence-corrected chi connectivity index (χ3v) is 3.19. The molecule has 0 aromatic heterocycles. The first-order valence-corrected chi connectivity index (χ1v) is 6.36. The number of aryl methyl sites for hydroxylation is 1. The van der Waals surface area contributed by atoms with Crippen molar-refractivity contribution < 1.29 is 4.74 Å². The van der Waals surface area contributed by atoms with Crippen LogP contribution >= 0.6 is 11.6 Å². The number of rotatable bonds is 4. The molecule has 0 aliphatic heterocycles. The summed E-state index contributed by atoms with van der Waals surface area (Å²) in [5.41, 5.74) is 7.76. The fourth-order valence-corrected chi connectivity index (χ4v) is 2.04. The van der Waals surface area contributed by atoms with Crippen molar-refractivity contribution in [3.05, 3.63) is 58.6 Å². The molecule has 2 N–H and O–H groups in total. The van der Waals surface area contributed by atoms with Crippen LogP contribution < -0.4 is 10.5 Å². The van der Waals surface area contributed by atoms with Gasteiger partial charge in [-0.3, -0.25) is 0 Å². The SMILES string of the molecule is CCc1cc(Oc2ccccc2CN)ccc1Cl. The van der Waals surface area contributed by atoms with Crippen molar-refractivity contribution in [3.63, 3.8) is 0 Å². The molecule has 0 aliphatic rings. The monoisotopic (exact) mass is 261 g/mol. The summed E-state index contributed by atoms with van der Waals surface area (Å²) in [7, 11) is 0. The Balaban J connectivity index is 2.28. The van der Waals surface area contributed by atoms with Crippen molar-refractivity contribution in [1.29, 1.82) is 0 Å². The van der Waals surface area contributed by atoms with Gasteiger partial charge in [0.1, 0.15) is 11.5 Å². The first kappa shape index (κ1) is 12.9. The van der Waals surface area contributed by atoms with E-state index in [1.807, 2.05) is 42.5 Å². The summed E-state index contributed by atoms with van der Waals surface area (Å²) in [6.45, 7) is 2.53. The van der Waals surface area contributed by atoms with Crippen LogP contribution in [0.5, 0.6) is 11.5 Å². The maximum absolute atomic E-state index is 6.08. The Morgan fingerprint density at radius 3 is 2.61 bits per heavy atom. The maximum atomic E-state index is 6.08. The first-order valence-electron chi connectivity index (χ1n) is 5.99. The highest BCUT2D eigenvalue weighted by Crippen LogP contribution is 2.28. The zero-order chi connectivity index (χ0) is 13.0. The van der Waals surface area contributed by atoms with Crippen molar-refractivity contribution in [2.24, 2.45) is 5.73 Å². The quantitative estimate of drug-likeness (QED) is 0.897. The van der Waals surface area contributed by atoms with Crippen molar-refractivity contribution in [2.75, 3.05) is 0 Å². The van der Waals surface area contributed by atoms with Gasteiger partial charge >= 0.3 is 0 Å². The van der Waals surface area contributed by atoms with Gasteiger partial charge in [0.15, 0.2) is 0 Å². The van der Waals surface area contributed by atoms with Crippen LogP contribution in [0.3, 0.4) is 0 Å². The average Bonchev–Trinajstić information content (AvgIpc) is 2.41. The lowest BCUT2D eigenvalue weighted by Gasteiger charge is -2.11. The van der Waals surface area contributed by atoms with Gasteiger partial charge in [0.25, 0.3) is 0 Å². The van der Waals surface area contributed by atoms with Gasteiger partial charge in [0.05, 0.1) is 0 Å². The standard InChI is InChI=1S/C15H16ClNO/c1-2-11-9-13(7-8-14(11)16)18-15-6-4-3-5-12(15)10-17/h3-9H,2,10,17H2,1H3. The maximum Gasteiger partial charge on any atom is 0.131 e. The number of para-hydroxylation sites is 1. The third kappa shape index (κ3) is 2.84. The molecule has 0 aliphatic carbocycles. The van der Waals surface area contributed by atoms with Crippen molar-refractivity contribution in [1.82, 2.24) is 0 Å². The Kier molecular flexibility index (Phi) is 4.24. The van der Waals surface area contributed by atoms with Gasteiger partial charge < -0.3 is 10.5 Å². The number of ether oxygens (including phenoxy) is 1. The van der Waals surface area contributed by atoms with Crippen LogP contribution in [0.4, 0.5) is 0 Å². The summed E-state index contributed by atoms with van der Waals surface area (Å²) in [6.07, 6.45) is 0.884. The van der Waals surface area contributed by atoms with Gasteiger partial charge in [-0.1, -0.05) is 36.7 Å². The summed E-state index contributed by atoms with van der Waals surface area (Å²) in [4.78, 5) is 0. The Bertz CT molecular complexity index is 540. The molecule has 0 radical (unpaired) electrons. The number of hydrogen-bond donors (Lipinski definition) is 1. The van der Waals surface area contributed by atoms with E-state index >= 15 is 0 Å². The van der Waals surface area contributed by atoms with Gasteiger partial charge in [-0.25, -0.2) is 0 Å². The normalized spacial score (nSPS) is 10.4. The van der Waals surface area contributed by atoms with E-state index in [4.69, 9.17) is 22.1 Å². The highest BCUT2D eigenvalue weighted by Gasteiger charge is 2.05. The fraction of sp³-hybridized carbons (Fsp3) is 0.200. The van der Waals surface area contributed by atoms with Crippen molar-refractivity contribution >= 4 is 11.6 Å². The molecule has 0 atom stereocenters. The van der Waals surface area contributed by atoms with Gasteiger partial charge in [-0.05, 0) is 36.2 Å². The molecule has 2 rings (SSSR count). The zero-order valence-corrected chi connectivity index (χ0v) is 11.1. The number of nitrogens with two attached hydrogens (primary N) is 1. The van der Waals surface area contributed by atoms with E-state index in [0.29, 0.717) is 6.54 Å². The second kappa shape index (κ2) is 5.89. The van der Waals surface area contributed by atoms with Crippen molar-refractivity contribution in [2.45, 2.75) is 19.9 Å². The van der Waals surface area contributed by atoms with E-state index in [9.17, 15) is 0 Å². The van der Waals surface area contributed by atoms with Crippen LogP contribution in [0.15, 0.2) is 42.5 Å². The number of benzene rings is 2. The molecule has 0 bridgehead atoms. The van der Waals surface area contributed by atoms with Gasteiger partial charge in [0, 0.05) is 17.1 Å². The van der Waals surface area contributed by atoms with Gasteiger partial charge in [-0.15, -0.1) is 0 Å². The highest BCUT2D eigenvalue weighted by atomic mass is 35.5. The van der Waals surface area contributed by atoms with E-state index in [1.165, 1.54) is 0 Å². The molecule has 2 aromatic carbocycles. The average molecular weight is 262 g/mol. The van der Waals surface area contributed by atoms with Crippen LogP contribution in [-0.2, 0) is 13.0 Å². The van der Waals surface area contributed by atoms with E-state index < -0.39 is 0 Å². The number of halogens is 1. The second-order valence-corrected chi connectivity index (χ2v) is 4.43. The molecule has 3 heteroatoms. The molecule has 0 heterocycles. The summed E-state index contributed by atoms with van der Waals surface area (Å²) in [5.74, 6) is 1.58. The third-order valence-electron chi connectivity index (χ3n) is 2.82. The second-order valence-electron chi connectivity index (χ2n) is 4.02. The van der Waals surface area contributed by atoms with Crippen LogP contribution in [0.25, 0.3) is 0 Å². The summed E-state index contributed by atoms with van der Waals surface area (Å²) >= 11 is 6.08.